The van der Waals surface area contributed by atoms with Gasteiger partial charge in [-0.1, -0.05) is 12.1 Å². The van der Waals surface area contributed by atoms with Crippen LogP contribution in [0.4, 0.5) is 26.3 Å². The standard InChI is InChI=1S/C26H21F6N7O2/c1-13-19(22-38-37-21(41-22)18-7-10-33-23(36-18)26(30,31)32)20(35-14(2)34-13)15-8-11-39(12-9-15)24(40)25(28,29)16-5-3-4-6-17(16)27/h3-7,10,15H,8-9,11-12H2,1-2H3. The van der Waals surface area contributed by atoms with Gasteiger partial charge in [-0.25, -0.2) is 24.3 Å². The molecule has 0 aliphatic carbocycles. The molecule has 4 aromatic rings. The first kappa shape index (κ1) is 28.1. The van der Waals surface area contributed by atoms with E-state index >= 15 is 0 Å². The second-order valence-corrected chi connectivity index (χ2v) is 9.41. The molecule has 0 unspecified atom stereocenters. The van der Waals surface area contributed by atoms with Crippen molar-refractivity contribution in [2.75, 3.05) is 13.1 Å². The van der Waals surface area contributed by atoms with Crippen LogP contribution in [0.15, 0.2) is 40.9 Å². The van der Waals surface area contributed by atoms with Crippen molar-refractivity contribution >= 4 is 5.91 Å². The molecule has 0 N–H and O–H groups in total. The molecule has 1 saturated heterocycles. The molecule has 0 radical (unpaired) electrons. The van der Waals surface area contributed by atoms with Gasteiger partial charge < -0.3 is 9.32 Å². The van der Waals surface area contributed by atoms with Crippen molar-refractivity contribution in [3.8, 4) is 23.0 Å². The quantitative estimate of drug-likeness (QED) is 0.296. The number of carbonyl (C=O) groups is 1. The van der Waals surface area contributed by atoms with Crippen LogP contribution in [-0.2, 0) is 16.9 Å². The van der Waals surface area contributed by atoms with Crippen LogP contribution in [0.5, 0.6) is 0 Å². The highest BCUT2D eigenvalue weighted by molar-refractivity contribution is 5.85. The summed E-state index contributed by atoms with van der Waals surface area (Å²) >= 11 is 0. The number of piperidine rings is 1. The van der Waals surface area contributed by atoms with E-state index < -0.39 is 35.2 Å². The summed E-state index contributed by atoms with van der Waals surface area (Å²) in [6.45, 7) is 3.22. The van der Waals surface area contributed by atoms with Gasteiger partial charge in [-0.3, -0.25) is 4.79 Å². The first-order chi connectivity index (χ1) is 19.4. The molecule has 1 aromatic carbocycles. The van der Waals surface area contributed by atoms with Crippen LogP contribution in [0.25, 0.3) is 23.0 Å². The second-order valence-electron chi connectivity index (χ2n) is 9.41. The van der Waals surface area contributed by atoms with Gasteiger partial charge >= 0.3 is 12.1 Å². The number of aryl methyl sites for hydroxylation is 2. The average molecular weight is 577 g/mol. The summed E-state index contributed by atoms with van der Waals surface area (Å²) in [6.07, 6.45) is -3.37. The monoisotopic (exact) mass is 577 g/mol. The van der Waals surface area contributed by atoms with Crippen molar-refractivity contribution in [2.45, 2.75) is 44.7 Å². The van der Waals surface area contributed by atoms with Gasteiger partial charge in [0.05, 0.1) is 22.5 Å². The molecule has 41 heavy (non-hydrogen) atoms. The zero-order valence-corrected chi connectivity index (χ0v) is 21.6. The number of aromatic nitrogens is 6. The van der Waals surface area contributed by atoms with Gasteiger partial charge in [0.1, 0.15) is 17.3 Å². The molecule has 1 fully saturated rings. The molecular weight excluding hydrogens is 556 g/mol. The summed E-state index contributed by atoms with van der Waals surface area (Å²) in [6, 6.07) is 5.43. The van der Waals surface area contributed by atoms with Crippen LogP contribution in [0.1, 0.15) is 47.4 Å². The predicted molar refractivity (Wildman–Crippen MR) is 130 cm³/mol. The lowest BCUT2D eigenvalue weighted by molar-refractivity contribution is -0.160. The molecule has 1 aliphatic rings. The Hall–Kier alpha value is -4.43. The van der Waals surface area contributed by atoms with Crippen LogP contribution in [0.2, 0.25) is 0 Å². The number of benzene rings is 1. The van der Waals surface area contributed by atoms with Crippen molar-refractivity contribution < 1.29 is 35.6 Å². The van der Waals surface area contributed by atoms with Gasteiger partial charge in [0.25, 0.3) is 17.7 Å². The van der Waals surface area contributed by atoms with E-state index in [0.29, 0.717) is 22.8 Å². The molecule has 214 valence electrons. The van der Waals surface area contributed by atoms with Gasteiger partial charge in [0.2, 0.25) is 5.82 Å². The van der Waals surface area contributed by atoms with E-state index in [9.17, 15) is 31.1 Å². The number of halogens is 6. The Labute approximate surface area is 228 Å². The Balaban J connectivity index is 1.39. The molecule has 1 aliphatic heterocycles. The number of amides is 1. The predicted octanol–water partition coefficient (Wildman–Crippen LogP) is 5.26. The Morgan fingerprint density at radius 3 is 2.32 bits per heavy atom. The number of carbonyl (C=O) groups excluding carboxylic acids is 1. The van der Waals surface area contributed by atoms with E-state index in [-0.39, 0.29) is 49.3 Å². The summed E-state index contributed by atoms with van der Waals surface area (Å²) in [5.41, 5.74) is 0.0410. The molecule has 3 aromatic heterocycles. The number of nitrogens with zero attached hydrogens (tertiary/aromatic N) is 7. The number of likely N-dealkylation sites (tertiary alicyclic amines) is 1. The van der Waals surface area contributed by atoms with E-state index in [1.165, 1.54) is 18.2 Å². The SMILES string of the molecule is Cc1nc(C)c(-c2nnc(-c3ccnc(C(F)(F)F)n3)o2)c(C2CCN(C(=O)C(F)(F)c3ccccc3F)CC2)n1. The summed E-state index contributed by atoms with van der Waals surface area (Å²) in [7, 11) is 0. The zero-order valence-electron chi connectivity index (χ0n) is 21.6. The van der Waals surface area contributed by atoms with E-state index in [2.05, 4.69) is 30.1 Å². The van der Waals surface area contributed by atoms with Crippen LogP contribution in [0.3, 0.4) is 0 Å². The van der Waals surface area contributed by atoms with Crippen molar-refractivity contribution in [1.29, 1.82) is 0 Å². The number of alkyl halides is 5. The third kappa shape index (κ3) is 5.47. The number of hydrogen-bond donors (Lipinski definition) is 0. The zero-order chi connectivity index (χ0) is 29.5. The molecule has 0 bridgehead atoms. The van der Waals surface area contributed by atoms with E-state index in [1.807, 2.05) is 0 Å². The first-order valence-corrected chi connectivity index (χ1v) is 12.4. The fourth-order valence-corrected chi connectivity index (χ4v) is 4.73. The maximum atomic E-state index is 14.9. The van der Waals surface area contributed by atoms with E-state index in [4.69, 9.17) is 4.42 Å². The van der Waals surface area contributed by atoms with Crippen molar-refractivity contribution in [2.24, 2.45) is 0 Å². The highest BCUT2D eigenvalue weighted by atomic mass is 19.4. The third-order valence-electron chi connectivity index (χ3n) is 6.65. The van der Waals surface area contributed by atoms with E-state index in [1.54, 1.807) is 13.8 Å². The smallest absolute Gasteiger partial charge is 0.414 e. The van der Waals surface area contributed by atoms with Gasteiger partial charge in [0.15, 0.2) is 0 Å². The van der Waals surface area contributed by atoms with E-state index in [0.717, 1.165) is 23.2 Å². The minimum Gasteiger partial charge on any atom is -0.414 e. The lowest BCUT2D eigenvalue weighted by Gasteiger charge is -2.34. The topological polar surface area (TPSA) is 111 Å². The summed E-state index contributed by atoms with van der Waals surface area (Å²) in [5, 5.41) is 7.82. The third-order valence-corrected chi connectivity index (χ3v) is 6.65. The lowest BCUT2D eigenvalue weighted by atomic mass is 9.89. The Kier molecular flexibility index (Phi) is 7.21. The highest BCUT2D eigenvalue weighted by Crippen LogP contribution is 2.38. The molecule has 5 rings (SSSR count). The largest absolute Gasteiger partial charge is 0.451 e. The van der Waals surface area contributed by atoms with Gasteiger partial charge in [0, 0.05) is 25.2 Å². The number of hydrogen-bond acceptors (Lipinski definition) is 8. The van der Waals surface area contributed by atoms with Gasteiger partial charge in [-0.05, 0) is 44.9 Å². The fraction of sp³-hybridized carbons (Fsp3) is 0.346. The van der Waals surface area contributed by atoms with Crippen LogP contribution in [0, 0.1) is 19.7 Å². The van der Waals surface area contributed by atoms with Gasteiger partial charge in [-0.2, -0.15) is 22.0 Å². The minimum absolute atomic E-state index is 0.0503. The van der Waals surface area contributed by atoms with Gasteiger partial charge in [-0.15, -0.1) is 10.2 Å². The molecule has 0 spiro atoms. The lowest BCUT2D eigenvalue weighted by Crippen LogP contribution is -2.46. The van der Waals surface area contributed by atoms with Crippen LogP contribution >= 0.6 is 0 Å². The van der Waals surface area contributed by atoms with Crippen molar-refractivity contribution in [3.05, 3.63) is 70.9 Å². The molecule has 9 nitrogen and oxygen atoms in total. The molecule has 15 heteroatoms. The molecule has 0 atom stereocenters. The molecule has 1 amide bonds. The molecular formula is C26H21F6N7O2. The average Bonchev–Trinajstić information content (AvgIpc) is 3.42. The summed E-state index contributed by atoms with van der Waals surface area (Å²) in [5.74, 6) is -8.35. The summed E-state index contributed by atoms with van der Waals surface area (Å²) in [4.78, 5) is 29.2. The van der Waals surface area contributed by atoms with Crippen molar-refractivity contribution in [1.82, 2.24) is 35.0 Å². The van der Waals surface area contributed by atoms with Crippen molar-refractivity contribution in [3.63, 3.8) is 0 Å². The minimum atomic E-state index is -4.77. The normalized spacial score (nSPS) is 14.9. The van der Waals surface area contributed by atoms with Crippen LogP contribution in [-0.4, -0.2) is 54.0 Å². The second kappa shape index (κ2) is 10.5. The molecule has 0 saturated carbocycles. The molecule has 4 heterocycles. The highest BCUT2D eigenvalue weighted by Gasteiger charge is 2.46. The van der Waals surface area contributed by atoms with Crippen LogP contribution < -0.4 is 0 Å². The summed E-state index contributed by atoms with van der Waals surface area (Å²) < 4.78 is 88.7. The Morgan fingerprint density at radius 2 is 1.63 bits per heavy atom. The maximum absolute atomic E-state index is 14.9. The fourth-order valence-electron chi connectivity index (χ4n) is 4.73. The number of rotatable bonds is 5. The maximum Gasteiger partial charge on any atom is 0.451 e. The first-order valence-electron chi connectivity index (χ1n) is 12.4. The Bertz CT molecular complexity index is 1600. The Morgan fingerprint density at radius 1 is 0.951 bits per heavy atom.